The minimum absolute atomic E-state index is 0.360. The Morgan fingerprint density at radius 1 is 1.18 bits per heavy atom. The van der Waals surface area contributed by atoms with E-state index in [4.69, 9.17) is 9.10 Å². The van der Waals surface area contributed by atoms with Gasteiger partial charge in [-0.2, -0.15) is 4.57 Å². The number of aryl methyl sites for hydroxylation is 3. The second kappa shape index (κ2) is 4.67. The van der Waals surface area contributed by atoms with Crippen molar-refractivity contribution in [2.75, 3.05) is 0 Å². The van der Waals surface area contributed by atoms with Crippen LogP contribution in [0.4, 0.5) is 0 Å². The van der Waals surface area contributed by atoms with Gasteiger partial charge in [0.05, 0.1) is 11.1 Å². The topological polar surface area (TPSA) is 21.2 Å². The van der Waals surface area contributed by atoms with Crippen LogP contribution in [0.25, 0.3) is 27.9 Å². The van der Waals surface area contributed by atoms with Gasteiger partial charge in [0, 0.05) is 16.4 Å². The molecule has 0 aliphatic carbocycles. The van der Waals surface area contributed by atoms with Gasteiger partial charge in [-0.25, -0.2) is 4.98 Å². The summed E-state index contributed by atoms with van der Waals surface area (Å²) in [5.41, 5.74) is 6.08. The Labute approximate surface area is 133 Å². The van der Waals surface area contributed by atoms with Gasteiger partial charge in [-0.3, -0.25) is 4.40 Å². The summed E-state index contributed by atoms with van der Waals surface area (Å²) < 4.78 is 26.9. The monoisotopic (exact) mass is 291 g/mol. The summed E-state index contributed by atoms with van der Waals surface area (Å²) in [6.07, 6.45) is 4.01. The minimum Gasteiger partial charge on any atom is -0.299 e. The van der Waals surface area contributed by atoms with E-state index in [0.29, 0.717) is 5.56 Å². The molecule has 0 amide bonds. The normalized spacial score (nSPS) is 14.0. The van der Waals surface area contributed by atoms with Crippen molar-refractivity contribution in [3.8, 4) is 11.3 Å². The summed E-state index contributed by atoms with van der Waals surface area (Å²) in [5, 5.41) is 0. The Bertz CT molecular complexity index is 1110. The molecule has 3 aromatic heterocycles. The average molecular weight is 291 g/mol. The van der Waals surface area contributed by atoms with Gasteiger partial charge in [-0.1, -0.05) is 23.8 Å². The highest BCUT2D eigenvalue weighted by Crippen LogP contribution is 2.28. The lowest BCUT2D eigenvalue weighted by Gasteiger charge is -2.06. The van der Waals surface area contributed by atoms with Crippen LogP contribution in [-0.4, -0.2) is 9.38 Å². The smallest absolute Gasteiger partial charge is 0.240 e. The van der Waals surface area contributed by atoms with Crippen molar-refractivity contribution in [3.63, 3.8) is 0 Å². The molecule has 0 spiro atoms. The van der Waals surface area contributed by atoms with Crippen molar-refractivity contribution in [2.45, 2.75) is 13.8 Å². The molecule has 1 aromatic carbocycles. The summed E-state index contributed by atoms with van der Waals surface area (Å²) >= 11 is 0. The van der Waals surface area contributed by atoms with Crippen LogP contribution in [0, 0.1) is 13.8 Å². The fraction of sp³-hybridized carbons (Fsp3) is 0.158. The van der Waals surface area contributed by atoms with Crippen molar-refractivity contribution in [3.05, 3.63) is 66.0 Å². The molecule has 0 saturated carbocycles. The third-order valence-corrected chi connectivity index (χ3v) is 4.08. The first kappa shape index (κ1) is 10.1. The molecule has 3 heterocycles. The van der Waals surface area contributed by atoms with E-state index in [1.165, 1.54) is 0 Å². The predicted octanol–water partition coefficient (Wildman–Crippen LogP) is 3.60. The number of nitrogens with zero attached hydrogens (tertiary/aromatic N) is 3. The minimum atomic E-state index is -2.10. The van der Waals surface area contributed by atoms with Crippen molar-refractivity contribution >= 4 is 16.7 Å². The van der Waals surface area contributed by atoms with Gasteiger partial charge in [0.1, 0.15) is 12.7 Å². The number of hydrogen-bond acceptors (Lipinski definition) is 1. The standard InChI is InChI=1S/C19H18N3/c1-13-7-8-15(14(2)12-13)19-18-16(9-11-21(19)3)22-10-5-4-6-17(22)20-18/h4-12H,1-3H3/q+1/i1D3. The van der Waals surface area contributed by atoms with E-state index in [9.17, 15) is 0 Å². The Morgan fingerprint density at radius 2 is 2.09 bits per heavy atom. The van der Waals surface area contributed by atoms with Crippen LogP contribution >= 0.6 is 0 Å². The van der Waals surface area contributed by atoms with Gasteiger partial charge >= 0.3 is 0 Å². The van der Waals surface area contributed by atoms with Gasteiger partial charge in [-0.05, 0) is 37.5 Å². The zero-order valence-electron chi connectivity index (χ0n) is 15.5. The number of imidazole rings is 1. The summed E-state index contributed by atoms with van der Waals surface area (Å²) in [5.74, 6) is 0. The molecule has 0 radical (unpaired) electrons. The summed E-state index contributed by atoms with van der Waals surface area (Å²) in [4.78, 5) is 4.80. The molecule has 22 heavy (non-hydrogen) atoms. The lowest BCUT2D eigenvalue weighted by atomic mass is 10.0. The highest BCUT2D eigenvalue weighted by Gasteiger charge is 2.20. The molecule has 4 rings (SSSR count). The molecule has 0 atom stereocenters. The molecular weight excluding hydrogens is 270 g/mol. The summed E-state index contributed by atoms with van der Waals surface area (Å²) in [7, 11) is 1.98. The van der Waals surface area contributed by atoms with E-state index in [-0.39, 0.29) is 0 Å². The Hall–Kier alpha value is -2.68. The largest absolute Gasteiger partial charge is 0.299 e. The molecule has 0 fully saturated rings. The highest BCUT2D eigenvalue weighted by atomic mass is 15.0. The Kier molecular flexibility index (Phi) is 2.15. The van der Waals surface area contributed by atoms with E-state index in [0.717, 1.165) is 33.5 Å². The first-order chi connectivity index (χ1) is 11.9. The van der Waals surface area contributed by atoms with E-state index in [2.05, 4.69) is 4.40 Å². The van der Waals surface area contributed by atoms with Crippen molar-refractivity contribution in [1.82, 2.24) is 9.38 Å². The SMILES string of the molecule is [2H]C([2H])([2H])c1ccc(-c2c3nc4ccccn4c3cc[n+]2C)c(C)c1. The lowest BCUT2D eigenvalue weighted by molar-refractivity contribution is -0.659. The maximum Gasteiger partial charge on any atom is 0.240 e. The number of aromatic nitrogens is 3. The molecule has 0 unspecified atom stereocenters. The molecule has 0 saturated heterocycles. The quantitative estimate of drug-likeness (QED) is 0.491. The van der Waals surface area contributed by atoms with Crippen molar-refractivity contribution in [1.29, 1.82) is 0 Å². The fourth-order valence-electron chi connectivity index (χ4n) is 3.02. The zero-order chi connectivity index (χ0) is 17.8. The molecule has 0 aliphatic rings. The molecule has 0 bridgehead atoms. The molecular formula is C19H18N3+. The zero-order valence-corrected chi connectivity index (χ0v) is 12.5. The van der Waals surface area contributed by atoms with E-state index < -0.39 is 6.85 Å². The third-order valence-electron chi connectivity index (χ3n) is 4.08. The van der Waals surface area contributed by atoms with E-state index in [1.807, 2.05) is 61.3 Å². The molecule has 3 nitrogen and oxygen atoms in total. The van der Waals surface area contributed by atoms with Crippen LogP contribution in [0.1, 0.15) is 15.2 Å². The number of benzene rings is 1. The average Bonchev–Trinajstić information content (AvgIpc) is 2.93. The van der Waals surface area contributed by atoms with Crippen LogP contribution in [0.3, 0.4) is 0 Å². The number of fused-ring (bicyclic) bond motifs is 3. The van der Waals surface area contributed by atoms with Crippen molar-refractivity contribution < 1.29 is 8.68 Å². The predicted molar refractivity (Wildman–Crippen MR) is 88.8 cm³/mol. The maximum atomic E-state index is 7.60. The van der Waals surface area contributed by atoms with E-state index >= 15 is 0 Å². The van der Waals surface area contributed by atoms with Gasteiger partial charge < -0.3 is 0 Å². The highest BCUT2D eigenvalue weighted by molar-refractivity contribution is 5.91. The first-order valence-electron chi connectivity index (χ1n) is 8.73. The van der Waals surface area contributed by atoms with Crippen LogP contribution < -0.4 is 4.57 Å². The van der Waals surface area contributed by atoms with Gasteiger partial charge in [-0.15, -0.1) is 0 Å². The second-order valence-corrected chi connectivity index (χ2v) is 5.58. The van der Waals surface area contributed by atoms with Crippen LogP contribution in [0.5, 0.6) is 0 Å². The van der Waals surface area contributed by atoms with Crippen LogP contribution in [0.15, 0.2) is 54.9 Å². The van der Waals surface area contributed by atoms with Gasteiger partial charge in [0.15, 0.2) is 11.7 Å². The Morgan fingerprint density at radius 3 is 2.91 bits per heavy atom. The number of rotatable bonds is 1. The molecule has 4 aromatic rings. The summed E-state index contributed by atoms with van der Waals surface area (Å²) in [6, 6.07) is 13.3. The van der Waals surface area contributed by atoms with Gasteiger partial charge in [0.2, 0.25) is 5.69 Å². The van der Waals surface area contributed by atoms with Crippen LogP contribution in [0.2, 0.25) is 0 Å². The molecule has 0 N–H and O–H groups in total. The lowest BCUT2D eigenvalue weighted by Crippen LogP contribution is -2.30. The van der Waals surface area contributed by atoms with E-state index in [1.54, 1.807) is 12.1 Å². The number of hydrogen-bond donors (Lipinski definition) is 0. The molecule has 3 heteroatoms. The first-order valence-corrected chi connectivity index (χ1v) is 7.23. The maximum absolute atomic E-state index is 7.60. The van der Waals surface area contributed by atoms with Gasteiger partial charge in [0.25, 0.3) is 0 Å². The third kappa shape index (κ3) is 1.82. The number of pyridine rings is 2. The molecule has 108 valence electrons. The molecule has 0 aliphatic heterocycles. The summed E-state index contributed by atoms with van der Waals surface area (Å²) in [6.45, 7) is -0.153. The van der Waals surface area contributed by atoms with Crippen molar-refractivity contribution in [2.24, 2.45) is 7.05 Å². The Balaban J connectivity index is 2.02. The van der Waals surface area contributed by atoms with Crippen LogP contribution in [-0.2, 0) is 7.05 Å². The second-order valence-electron chi connectivity index (χ2n) is 5.58. The fourth-order valence-corrected chi connectivity index (χ4v) is 3.02.